The van der Waals surface area contributed by atoms with Crippen molar-refractivity contribution in [2.45, 2.75) is 13.5 Å². The van der Waals surface area contributed by atoms with E-state index in [4.69, 9.17) is 18.9 Å². The zero-order valence-electron chi connectivity index (χ0n) is 19.3. The number of hydrogen-bond acceptors (Lipinski definition) is 6. The van der Waals surface area contributed by atoms with Crippen LogP contribution in [0, 0.1) is 11.3 Å². The molecule has 7 nitrogen and oxygen atoms in total. The summed E-state index contributed by atoms with van der Waals surface area (Å²) in [5.41, 5.74) is 2.08. The van der Waals surface area contributed by atoms with Crippen LogP contribution in [0.25, 0.3) is 6.08 Å². The molecule has 0 bridgehead atoms. The summed E-state index contributed by atoms with van der Waals surface area (Å²) in [7, 11) is 3.04. The number of hydrogen-bond donors (Lipinski definition) is 1. The first-order chi connectivity index (χ1) is 16.6. The number of methoxy groups -OCH3 is 2. The Morgan fingerprint density at radius 1 is 0.912 bits per heavy atom. The minimum Gasteiger partial charge on any atom is -0.493 e. The van der Waals surface area contributed by atoms with E-state index in [0.717, 1.165) is 5.56 Å². The average Bonchev–Trinajstić information content (AvgIpc) is 2.87. The van der Waals surface area contributed by atoms with Crippen LogP contribution in [0.3, 0.4) is 0 Å². The molecule has 1 N–H and O–H groups in total. The molecule has 0 aliphatic heterocycles. The van der Waals surface area contributed by atoms with E-state index in [-0.39, 0.29) is 5.57 Å². The number of carbonyl (C=O) groups excluding carboxylic acids is 1. The highest BCUT2D eigenvalue weighted by Crippen LogP contribution is 2.31. The molecule has 0 heterocycles. The summed E-state index contributed by atoms with van der Waals surface area (Å²) in [4.78, 5) is 12.7. The Labute approximate surface area is 199 Å². The molecule has 0 fully saturated rings. The number of rotatable bonds is 10. The van der Waals surface area contributed by atoms with Crippen LogP contribution in [0.4, 0.5) is 5.69 Å². The number of nitrogens with one attached hydrogen (secondary N) is 1. The maximum absolute atomic E-state index is 12.7. The van der Waals surface area contributed by atoms with Gasteiger partial charge in [-0.25, -0.2) is 0 Å². The number of ether oxygens (including phenoxy) is 4. The van der Waals surface area contributed by atoms with Crippen molar-refractivity contribution in [1.82, 2.24) is 0 Å². The van der Waals surface area contributed by atoms with Gasteiger partial charge in [0.2, 0.25) is 0 Å². The molecule has 0 aliphatic rings. The summed E-state index contributed by atoms with van der Waals surface area (Å²) in [6, 6.07) is 22.0. The first-order valence-corrected chi connectivity index (χ1v) is 10.7. The quantitative estimate of drug-likeness (QED) is 0.331. The number of amides is 1. The number of nitrogens with zero attached hydrogens (tertiary/aromatic N) is 1. The number of nitriles is 1. The lowest BCUT2D eigenvalue weighted by atomic mass is 10.1. The molecule has 0 atom stereocenters. The first kappa shape index (κ1) is 24.2. The Bertz CT molecular complexity index is 1200. The van der Waals surface area contributed by atoms with Crippen molar-refractivity contribution in [3.05, 3.63) is 83.4 Å². The fraction of sp³-hybridized carbons (Fsp3) is 0.185. The van der Waals surface area contributed by atoms with E-state index >= 15 is 0 Å². The molecule has 3 aromatic rings. The van der Waals surface area contributed by atoms with E-state index in [1.54, 1.807) is 36.4 Å². The first-order valence-electron chi connectivity index (χ1n) is 10.7. The Kier molecular flexibility index (Phi) is 8.53. The Morgan fingerprint density at radius 2 is 1.65 bits per heavy atom. The van der Waals surface area contributed by atoms with Crippen LogP contribution >= 0.6 is 0 Å². The minimum atomic E-state index is -0.544. The molecular formula is C27H26N2O5. The third-order valence-corrected chi connectivity index (χ3v) is 4.82. The van der Waals surface area contributed by atoms with Crippen LogP contribution in [0.15, 0.2) is 72.3 Å². The standard InChI is InChI=1S/C27H26N2O5/c1-4-33-26-15-20(10-12-24(26)34-18-19-8-6-5-7-9-19)14-21(17-28)27(30)29-22-11-13-23(31-2)25(16-22)32-3/h5-16H,4,18H2,1-3H3,(H,29,30)/b21-14+. The molecule has 34 heavy (non-hydrogen) atoms. The number of benzene rings is 3. The van der Waals surface area contributed by atoms with Gasteiger partial charge in [-0.2, -0.15) is 5.26 Å². The van der Waals surface area contributed by atoms with E-state index in [0.29, 0.717) is 47.5 Å². The second-order valence-electron chi connectivity index (χ2n) is 7.11. The predicted molar refractivity (Wildman–Crippen MR) is 130 cm³/mol. The molecular weight excluding hydrogens is 432 g/mol. The summed E-state index contributed by atoms with van der Waals surface area (Å²) in [5.74, 6) is 1.57. The van der Waals surface area contributed by atoms with Crippen molar-refractivity contribution in [2.24, 2.45) is 0 Å². The molecule has 1 amide bonds. The minimum absolute atomic E-state index is 0.0600. The van der Waals surface area contributed by atoms with Gasteiger partial charge in [-0.05, 0) is 48.4 Å². The molecule has 7 heteroatoms. The lowest BCUT2D eigenvalue weighted by Gasteiger charge is -2.13. The van der Waals surface area contributed by atoms with Crippen molar-refractivity contribution in [1.29, 1.82) is 5.26 Å². The Morgan fingerprint density at radius 3 is 2.32 bits per heavy atom. The summed E-state index contributed by atoms with van der Waals surface area (Å²) in [6.07, 6.45) is 1.50. The van der Waals surface area contributed by atoms with Crippen LogP contribution < -0.4 is 24.3 Å². The van der Waals surface area contributed by atoms with Gasteiger partial charge in [-0.15, -0.1) is 0 Å². The summed E-state index contributed by atoms with van der Waals surface area (Å²) >= 11 is 0. The molecule has 0 aliphatic carbocycles. The Hall–Kier alpha value is -4.44. The zero-order chi connectivity index (χ0) is 24.3. The van der Waals surface area contributed by atoms with Gasteiger partial charge in [0.15, 0.2) is 23.0 Å². The van der Waals surface area contributed by atoms with Crippen LogP contribution in [-0.2, 0) is 11.4 Å². The molecule has 0 radical (unpaired) electrons. The van der Waals surface area contributed by atoms with E-state index < -0.39 is 5.91 Å². The maximum atomic E-state index is 12.7. The van der Waals surface area contributed by atoms with E-state index in [2.05, 4.69) is 5.32 Å². The van der Waals surface area contributed by atoms with Gasteiger partial charge >= 0.3 is 0 Å². The van der Waals surface area contributed by atoms with Crippen molar-refractivity contribution < 1.29 is 23.7 Å². The third-order valence-electron chi connectivity index (χ3n) is 4.82. The van der Waals surface area contributed by atoms with E-state index in [1.165, 1.54) is 20.3 Å². The highest BCUT2D eigenvalue weighted by Gasteiger charge is 2.13. The van der Waals surface area contributed by atoms with Gasteiger partial charge in [0.05, 0.1) is 20.8 Å². The molecule has 0 saturated heterocycles. The average molecular weight is 459 g/mol. The van der Waals surface area contributed by atoms with Gasteiger partial charge in [-0.3, -0.25) is 4.79 Å². The summed E-state index contributed by atoms with van der Waals surface area (Å²) in [6.45, 7) is 2.72. The monoisotopic (exact) mass is 458 g/mol. The second kappa shape index (κ2) is 12.0. The maximum Gasteiger partial charge on any atom is 0.266 e. The highest BCUT2D eigenvalue weighted by molar-refractivity contribution is 6.09. The number of anilines is 1. The predicted octanol–water partition coefficient (Wildman–Crippen LogP) is 5.23. The summed E-state index contributed by atoms with van der Waals surface area (Å²) in [5, 5.41) is 12.3. The lowest BCUT2D eigenvalue weighted by molar-refractivity contribution is -0.112. The van der Waals surface area contributed by atoms with Crippen molar-refractivity contribution in [3.8, 4) is 29.1 Å². The van der Waals surface area contributed by atoms with Gasteiger partial charge in [0.1, 0.15) is 18.2 Å². The summed E-state index contributed by atoms with van der Waals surface area (Å²) < 4.78 is 22.1. The van der Waals surface area contributed by atoms with Gasteiger partial charge < -0.3 is 24.3 Å². The van der Waals surface area contributed by atoms with Gasteiger partial charge in [-0.1, -0.05) is 36.4 Å². The van der Waals surface area contributed by atoms with Crippen molar-refractivity contribution in [2.75, 3.05) is 26.1 Å². The molecule has 0 saturated carbocycles. The van der Waals surface area contributed by atoms with Crippen LogP contribution in [0.2, 0.25) is 0 Å². The van der Waals surface area contributed by atoms with Crippen LogP contribution in [-0.4, -0.2) is 26.7 Å². The third kappa shape index (κ3) is 6.30. The van der Waals surface area contributed by atoms with Gasteiger partial charge in [0, 0.05) is 11.8 Å². The van der Waals surface area contributed by atoms with Crippen LogP contribution in [0.1, 0.15) is 18.1 Å². The molecule has 0 unspecified atom stereocenters. The molecule has 0 aromatic heterocycles. The largest absolute Gasteiger partial charge is 0.493 e. The van der Waals surface area contributed by atoms with Gasteiger partial charge in [0.25, 0.3) is 5.91 Å². The molecule has 0 spiro atoms. The second-order valence-corrected chi connectivity index (χ2v) is 7.11. The number of carbonyl (C=O) groups is 1. The van der Waals surface area contributed by atoms with Crippen molar-refractivity contribution in [3.63, 3.8) is 0 Å². The highest BCUT2D eigenvalue weighted by atomic mass is 16.5. The molecule has 3 aromatic carbocycles. The lowest BCUT2D eigenvalue weighted by Crippen LogP contribution is -2.13. The zero-order valence-corrected chi connectivity index (χ0v) is 19.3. The molecule has 3 rings (SSSR count). The molecule has 174 valence electrons. The fourth-order valence-electron chi connectivity index (χ4n) is 3.16. The fourth-order valence-corrected chi connectivity index (χ4v) is 3.16. The van der Waals surface area contributed by atoms with Crippen molar-refractivity contribution >= 4 is 17.7 Å². The van der Waals surface area contributed by atoms with E-state index in [9.17, 15) is 10.1 Å². The topological polar surface area (TPSA) is 89.8 Å². The Balaban J connectivity index is 1.78. The normalized spacial score (nSPS) is 10.7. The van der Waals surface area contributed by atoms with Crippen LogP contribution in [0.5, 0.6) is 23.0 Å². The smallest absolute Gasteiger partial charge is 0.266 e. The van der Waals surface area contributed by atoms with E-state index in [1.807, 2.05) is 43.3 Å². The SMILES string of the molecule is CCOc1cc(/C=C(\C#N)C(=O)Nc2ccc(OC)c(OC)c2)ccc1OCc1ccccc1.